The van der Waals surface area contributed by atoms with Gasteiger partial charge in [0.2, 0.25) is 11.2 Å². The zero-order valence-corrected chi connectivity index (χ0v) is 14.2. The van der Waals surface area contributed by atoms with Crippen molar-refractivity contribution in [3.63, 3.8) is 0 Å². The highest BCUT2D eigenvalue weighted by molar-refractivity contribution is 6.30. The topological polar surface area (TPSA) is 78.9 Å². The molecule has 0 radical (unpaired) electrons. The van der Waals surface area contributed by atoms with Crippen molar-refractivity contribution in [3.8, 4) is 11.5 Å². The van der Waals surface area contributed by atoms with E-state index in [-0.39, 0.29) is 27.5 Å². The van der Waals surface area contributed by atoms with E-state index in [4.69, 9.17) is 29.9 Å². The predicted molar refractivity (Wildman–Crippen MR) is 95.2 cm³/mol. The van der Waals surface area contributed by atoms with Gasteiger partial charge in [0.15, 0.2) is 11.3 Å². The molecule has 0 amide bonds. The number of benzene rings is 2. The molecule has 0 N–H and O–H groups in total. The molecule has 0 atom stereocenters. The summed E-state index contributed by atoms with van der Waals surface area (Å²) in [5.74, 6) is 0.0763. The average Bonchev–Trinajstić information content (AvgIpc) is 3.09. The summed E-state index contributed by atoms with van der Waals surface area (Å²) in [4.78, 5) is 24.3. The molecule has 0 saturated heterocycles. The van der Waals surface area contributed by atoms with Gasteiger partial charge in [-0.2, -0.15) is 0 Å². The van der Waals surface area contributed by atoms with Gasteiger partial charge in [0.25, 0.3) is 0 Å². The molecule has 0 saturated carbocycles. The maximum atomic E-state index is 12.4. The van der Waals surface area contributed by atoms with Crippen molar-refractivity contribution in [2.24, 2.45) is 0 Å². The molecule has 6 nitrogen and oxygen atoms in total. The van der Waals surface area contributed by atoms with Crippen LogP contribution in [0.2, 0.25) is 5.02 Å². The Labute approximate surface area is 151 Å². The molecule has 2 aromatic carbocycles. The monoisotopic (exact) mass is 370 g/mol. The summed E-state index contributed by atoms with van der Waals surface area (Å²) in [5.41, 5.74) is 0.368. The molecule has 0 unspecified atom stereocenters. The summed E-state index contributed by atoms with van der Waals surface area (Å²) in [6.07, 6.45) is 1.14. The van der Waals surface area contributed by atoms with Crippen LogP contribution in [0.1, 0.15) is 10.6 Å². The van der Waals surface area contributed by atoms with Gasteiger partial charge < -0.3 is 18.3 Å². The number of carbonyl (C=O) groups is 1. The van der Waals surface area contributed by atoms with E-state index in [0.29, 0.717) is 16.7 Å². The zero-order chi connectivity index (χ0) is 18.3. The van der Waals surface area contributed by atoms with E-state index in [2.05, 4.69) is 0 Å². The van der Waals surface area contributed by atoms with Crippen LogP contribution in [0.3, 0.4) is 0 Å². The van der Waals surface area contributed by atoms with Crippen LogP contribution >= 0.6 is 11.6 Å². The Morgan fingerprint density at radius 3 is 2.81 bits per heavy atom. The van der Waals surface area contributed by atoms with Crippen LogP contribution < -0.4 is 14.9 Å². The number of ether oxygens (including phenoxy) is 2. The molecule has 0 aliphatic heterocycles. The van der Waals surface area contributed by atoms with E-state index in [9.17, 15) is 9.59 Å². The van der Waals surface area contributed by atoms with E-state index in [0.717, 1.165) is 11.6 Å². The number of furan rings is 1. The molecule has 4 rings (SSSR count). The first-order chi connectivity index (χ1) is 12.6. The van der Waals surface area contributed by atoms with Crippen molar-refractivity contribution >= 4 is 39.5 Å². The molecule has 0 aliphatic carbocycles. The molecule has 7 heteroatoms. The van der Waals surface area contributed by atoms with Gasteiger partial charge in [-0.25, -0.2) is 4.79 Å². The highest BCUT2D eigenvalue weighted by Crippen LogP contribution is 2.29. The number of rotatable bonds is 3. The fraction of sp³-hybridized carbons (Fsp3) is 0.0526. The molecule has 26 heavy (non-hydrogen) atoms. The molecule has 130 valence electrons. The molecule has 2 heterocycles. The Morgan fingerprint density at radius 1 is 1.15 bits per heavy atom. The van der Waals surface area contributed by atoms with Gasteiger partial charge in [-0.3, -0.25) is 4.79 Å². The van der Waals surface area contributed by atoms with E-state index >= 15 is 0 Å². The number of para-hydroxylation sites is 1. The van der Waals surface area contributed by atoms with Crippen LogP contribution in [0.4, 0.5) is 0 Å². The lowest BCUT2D eigenvalue weighted by Gasteiger charge is -2.03. The molecular weight excluding hydrogens is 360 g/mol. The van der Waals surface area contributed by atoms with Crippen molar-refractivity contribution in [2.75, 3.05) is 7.11 Å². The van der Waals surface area contributed by atoms with Gasteiger partial charge in [0, 0.05) is 11.5 Å². The zero-order valence-electron chi connectivity index (χ0n) is 13.4. The van der Waals surface area contributed by atoms with Crippen molar-refractivity contribution in [2.45, 2.75) is 0 Å². The number of hydrogen-bond donors (Lipinski definition) is 0. The highest BCUT2D eigenvalue weighted by atomic mass is 35.5. The van der Waals surface area contributed by atoms with Gasteiger partial charge in [-0.1, -0.05) is 23.7 Å². The standard InChI is InChI=1S/C19H11ClO6/c1-23-14-4-2-3-10-7-16(26-18(10)14)19(22)25-11-5-6-12-15(8-11)24-9-13(20)17(12)21/h2-9H,1H3. The largest absolute Gasteiger partial charge is 0.493 e. The second-order valence-corrected chi connectivity index (χ2v) is 5.86. The summed E-state index contributed by atoms with van der Waals surface area (Å²) in [6, 6.07) is 11.3. The Hall–Kier alpha value is -3.25. The molecule has 4 aromatic rings. The molecule has 2 aromatic heterocycles. The summed E-state index contributed by atoms with van der Waals surface area (Å²) < 4.78 is 21.3. The maximum absolute atomic E-state index is 12.4. The smallest absolute Gasteiger partial charge is 0.379 e. The van der Waals surface area contributed by atoms with E-state index in [1.54, 1.807) is 24.3 Å². The van der Waals surface area contributed by atoms with E-state index in [1.807, 2.05) is 0 Å². The molecule has 0 spiro atoms. The number of hydrogen-bond acceptors (Lipinski definition) is 6. The highest BCUT2D eigenvalue weighted by Gasteiger charge is 2.17. The fourth-order valence-corrected chi connectivity index (χ4v) is 2.75. The van der Waals surface area contributed by atoms with Gasteiger partial charge >= 0.3 is 5.97 Å². The van der Waals surface area contributed by atoms with Gasteiger partial charge in [-0.05, 0) is 24.3 Å². The van der Waals surface area contributed by atoms with Crippen LogP contribution in [0.15, 0.2) is 62.4 Å². The molecular formula is C19H11ClO6. The summed E-state index contributed by atoms with van der Waals surface area (Å²) in [5, 5.41) is 1.000. The minimum atomic E-state index is -0.682. The number of esters is 1. The Bertz CT molecular complexity index is 1200. The SMILES string of the molecule is COc1cccc2cc(C(=O)Oc3ccc4c(=O)c(Cl)coc4c3)oc12. The van der Waals surface area contributed by atoms with Crippen molar-refractivity contribution < 1.29 is 23.1 Å². The summed E-state index contributed by atoms with van der Waals surface area (Å²) >= 11 is 5.74. The quantitative estimate of drug-likeness (QED) is 0.392. The van der Waals surface area contributed by atoms with Crippen LogP contribution in [-0.2, 0) is 0 Å². The average molecular weight is 371 g/mol. The summed E-state index contributed by atoms with van der Waals surface area (Å²) in [6.45, 7) is 0. The number of methoxy groups -OCH3 is 1. The lowest BCUT2D eigenvalue weighted by atomic mass is 10.2. The normalized spacial score (nSPS) is 11.0. The fourth-order valence-electron chi connectivity index (χ4n) is 2.60. The number of carbonyl (C=O) groups excluding carboxylic acids is 1. The van der Waals surface area contributed by atoms with Crippen molar-refractivity contribution in [1.29, 1.82) is 0 Å². The second kappa shape index (κ2) is 6.24. The third-order valence-corrected chi connectivity index (χ3v) is 4.10. The Balaban J connectivity index is 1.67. The van der Waals surface area contributed by atoms with Crippen LogP contribution in [0, 0.1) is 0 Å². The van der Waals surface area contributed by atoms with E-state index in [1.165, 1.54) is 25.3 Å². The van der Waals surface area contributed by atoms with Crippen LogP contribution in [0.5, 0.6) is 11.5 Å². The first-order valence-electron chi connectivity index (χ1n) is 7.56. The van der Waals surface area contributed by atoms with Gasteiger partial charge in [0.1, 0.15) is 22.6 Å². The summed E-state index contributed by atoms with van der Waals surface area (Å²) in [7, 11) is 1.52. The minimum absolute atomic E-state index is 0.0153. The first kappa shape index (κ1) is 16.2. The van der Waals surface area contributed by atoms with Crippen LogP contribution in [-0.4, -0.2) is 13.1 Å². The lowest BCUT2D eigenvalue weighted by Crippen LogP contribution is -2.07. The number of fused-ring (bicyclic) bond motifs is 2. The number of halogens is 1. The second-order valence-electron chi connectivity index (χ2n) is 5.45. The van der Waals surface area contributed by atoms with Gasteiger partial charge in [0.05, 0.1) is 12.5 Å². The first-order valence-corrected chi connectivity index (χ1v) is 7.94. The molecule has 0 aliphatic rings. The van der Waals surface area contributed by atoms with Gasteiger partial charge in [-0.15, -0.1) is 0 Å². The Kier molecular flexibility index (Phi) is 3.89. The predicted octanol–water partition coefficient (Wildman–Crippen LogP) is 4.42. The third kappa shape index (κ3) is 2.70. The molecule has 0 bridgehead atoms. The Morgan fingerprint density at radius 2 is 2.00 bits per heavy atom. The van der Waals surface area contributed by atoms with Crippen LogP contribution in [0.25, 0.3) is 21.9 Å². The van der Waals surface area contributed by atoms with Crippen molar-refractivity contribution in [3.05, 3.63) is 69.7 Å². The van der Waals surface area contributed by atoms with E-state index < -0.39 is 5.97 Å². The van der Waals surface area contributed by atoms with Crippen molar-refractivity contribution in [1.82, 2.24) is 0 Å². The maximum Gasteiger partial charge on any atom is 0.379 e. The minimum Gasteiger partial charge on any atom is -0.493 e. The third-order valence-electron chi connectivity index (χ3n) is 3.84. The lowest BCUT2D eigenvalue weighted by molar-refractivity contribution is 0.0704. The molecule has 0 fully saturated rings.